The number of rotatable bonds is 14. The number of ether oxygens (including phenoxy) is 2. The van der Waals surface area contributed by atoms with Crippen LogP contribution in [0.1, 0.15) is 41.4 Å². The predicted octanol–water partition coefficient (Wildman–Crippen LogP) is 1.18. The highest BCUT2D eigenvalue weighted by Crippen LogP contribution is 2.53. The number of nitrogens with zero attached hydrogens (tertiary/aromatic N) is 3. The first-order chi connectivity index (χ1) is 28.4. The van der Waals surface area contributed by atoms with Crippen LogP contribution in [0.3, 0.4) is 0 Å². The summed E-state index contributed by atoms with van der Waals surface area (Å²) in [5.41, 5.74) is 3.72. The first kappa shape index (κ1) is 43.2. The van der Waals surface area contributed by atoms with Crippen LogP contribution in [0.2, 0.25) is 0 Å². The molecule has 19 nitrogen and oxygen atoms in total. The highest BCUT2D eigenvalue weighted by atomic mass is 16.6. The molecule has 2 amide bonds. The van der Waals surface area contributed by atoms with Crippen molar-refractivity contribution in [2.24, 2.45) is 29.4 Å². The molecule has 0 bridgehead atoms. The van der Waals surface area contributed by atoms with Crippen LogP contribution in [0.15, 0.2) is 44.0 Å². The maximum Gasteiger partial charge on any atom is 0.519 e. The minimum absolute atomic E-state index is 0.0305. The number of primary amides is 1. The number of aldehydes is 1. The summed E-state index contributed by atoms with van der Waals surface area (Å²) >= 11 is 0. The minimum atomic E-state index is -2.88. The number of likely N-dealkylation sites (N-methyl/N-ethyl adjacent to an activating group) is 1. The number of nitrogens with two attached hydrogens (primary N) is 1. The second-order valence-electron chi connectivity index (χ2n) is 15.6. The number of carbonyl (C=O) groups is 7. The number of hydrogen-bond donors (Lipinski definition) is 4. The Morgan fingerprint density at radius 1 is 1.07 bits per heavy atom. The number of phenolic OH excluding ortho intramolecular Hbond substituents is 1. The highest BCUT2D eigenvalue weighted by molar-refractivity contribution is 6.32. The molecule has 1 heterocycles. The summed E-state index contributed by atoms with van der Waals surface area (Å²) in [5.74, 6) is -12.4. The quantitative estimate of drug-likeness (QED) is 0.101. The lowest BCUT2D eigenvalue weighted by Gasteiger charge is -2.52. The SMILES string of the molecule is CCC(CN(CC=O)C(=O)OCc1oc(=O)oc1-c1ccc(OC)cc1)Nc1cc(N(C)C)c2c(c1O)C(=O)C1C(=O)[C@]3(O)C(=O)C(C(N)=O)C(=O)[C@@H](N(C)C)C3CC1C2. The molecule has 2 saturated carbocycles. The van der Waals surface area contributed by atoms with Gasteiger partial charge in [-0.2, -0.15) is 0 Å². The van der Waals surface area contributed by atoms with Gasteiger partial charge in [0.05, 0.1) is 36.9 Å². The maximum absolute atomic E-state index is 14.5. The van der Waals surface area contributed by atoms with Gasteiger partial charge in [-0.3, -0.25) is 33.8 Å². The van der Waals surface area contributed by atoms with Gasteiger partial charge in [-0.1, -0.05) is 6.92 Å². The number of methoxy groups -OCH3 is 1. The maximum atomic E-state index is 14.5. The normalized spacial score (nSPS) is 23.9. The third-order valence-electron chi connectivity index (χ3n) is 11.7. The molecule has 0 saturated heterocycles. The van der Waals surface area contributed by atoms with Crippen LogP contribution in [0.25, 0.3) is 11.3 Å². The van der Waals surface area contributed by atoms with Crippen molar-refractivity contribution in [3.63, 3.8) is 0 Å². The summed E-state index contributed by atoms with van der Waals surface area (Å²) < 4.78 is 20.9. The molecule has 1 aromatic heterocycles. The fraction of sp³-hybridized carbons (Fsp3) is 0.463. The third-order valence-corrected chi connectivity index (χ3v) is 11.7. The Bertz CT molecular complexity index is 2300. The van der Waals surface area contributed by atoms with Crippen molar-refractivity contribution in [1.82, 2.24) is 9.80 Å². The molecule has 0 spiro atoms. The predicted molar refractivity (Wildman–Crippen MR) is 210 cm³/mol. The van der Waals surface area contributed by atoms with E-state index in [0.29, 0.717) is 35.3 Å². The van der Waals surface area contributed by atoms with E-state index >= 15 is 0 Å². The van der Waals surface area contributed by atoms with Crippen LogP contribution in [0.5, 0.6) is 11.5 Å². The van der Waals surface area contributed by atoms with Gasteiger partial charge < -0.3 is 49.3 Å². The van der Waals surface area contributed by atoms with Crippen molar-refractivity contribution in [3.05, 3.63) is 57.8 Å². The zero-order valence-corrected chi connectivity index (χ0v) is 33.9. The Balaban J connectivity index is 1.26. The standard InChI is InChI=1S/C41H47N5O14/c1-7-21(17-46(12-13-47)39(54)58-18-27-35(60-40(55)59-27)19-8-10-22(57-6)11-9-19)43-25-16-26(44(2)3)23-14-20-15-24-31(45(4)5)34(50)30(38(42)53)37(52)41(24,56)36(51)28(20)33(49)29(23)32(25)48/h8-11,13,16,20-21,24,28,30-31,43,48,56H,7,12,14-15,17-18H2,1-6H3,(H2,42,53)/t20?,21?,24?,28?,30?,31-,41-/m0/s1. The molecule has 7 atom stereocenters. The fourth-order valence-electron chi connectivity index (χ4n) is 8.82. The molecule has 0 radical (unpaired) electrons. The van der Waals surface area contributed by atoms with Crippen molar-refractivity contribution in [1.29, 1.82) is 0 Å². The molecule has 2 fully saturated rings. The number of hydrogen-bond acceptors (Lipinski definition) is 17. The number of benzene rings is 2. The van der Waals surface area contributed by atoms with Crippen LogP contribution < -0.4 is 26.5 Å². The number of anilines is 2. The summed E-state index contributed by atoms with van der Waals surface area (Å²) in [6, 6.07) is 6.20. The third kappa shape index (κ3) is 7.42. The summed E-state index contributed by atoms with van der Waals surface area (Å²) in [5, 5.41) is 26.9. The Morgan fingerprint density at radius 2 is 1.75 bits per heavy atom. The van der Waals surface area contributed by atoms with E-state index in [0.717, 1.165) is 4.90 Å². The van der Waals surface area contributed by atoms with Crippen molar-refractivity contribution in [2.75, 3.05) is 58.6 Å². The number of aliphatic hydroxyl groups is 1. The number of Topliss-reactive ketones (excluding diaryl/α,β-unsaturated/α-hetero) is 4. The molecule has 2 aromatic carbocycles. The monoisotopic (exact) mass is 833 g/mol. The number of aromatic hydroxyl groups is 1. The van der Waals surface area contributed by atoms with Gasteiger partial charge in [0.2, 0.25) is 5.91 Å². The molecular formula is C41H47N5O14. The summed E-state index contributed by atoms with van der Waals surface area (Å²) in [4.78, 5) is 110. The number of phenols is 1. The van der Waals surface area contributed by atoms with Crippen LogP contribution >= 0.6 is 0 Å². The number of nitrogens with one attached hydrogen (secondary N) is 1. The molecule has 3 aliphatic carbocycles. The van der Waals surface area contributed by atoms with Crippen molar-refractivity contribution in [2.45, 2.75) is 50.5 Å². The summed E-state index contributed by atoms with van der Waals surface area (Å²) in [6.45, 7) is 0.692. The molecule has 60 heavy (non-hydrogen) atoms. The van der Waals surface area contributed by atoms with E-state index in [1.165, 1.54) is 26.1 Å². The van der Waals surface area contributed by atoms with Crippen LogP contribution in [-0.2, 0) is 41.7 Å². The molecular weight excluding hydrogens is 786 g/mol. The summed E-state index contributed by atoms with van der Waals surface area (Å²) in [7, 11) is 7.94. The molecule has 3 aromatic rings. The molecule has 6 rings (SSSR count). The lowest BCUT2D eigenvalue weighted by Crippen LogP contribution is -2.74. The van der Waals surface area contributed by atoms with E-state index in [1.54, 1.807) is 56.3 Å². The molecule has 0 aliphatic heterocycles. The molecule has 5 unspecified atom stereocenters. The van der Waals surface area contributed by atoms with E-state index in [-0.39, 0.29) is 42.2 Å². The first-order valence-corrected chi connectivity index (χ1v) is 19.2. The van der Waals surface area contributed by atoms with Gasteiger partial charge >= 0.3 is 11.9 Å². The fourth-order valence-corrected chi connectivity index (χ4v) is 8.82. The Hall–Kier alpha value is -6.34. The van der Waals surface area contributed by atoms with Gasteiger partial charge in [-0.05, 0) is 75.2 Å². The van der Waals surface area contributed by atoms with E-state index in [2.05, 4.69) is 5.32 Å². The highest BCUT2D eigenvalue weighted by Gasteiger charge is 2.69. The van der Waals surface area contributed by atoms with Crippen LogP contribution in [0.4, 0.5) is 16.2 Å². The summed E-state index contributed by atoms with van der Waals surface area (Å²) in [6.07, 6.45) is -0.190. The zero-order chi connectivity index (χ0) is 44.0. The van der Waals surface area contributed by atoms with Crippen LogP contribution in [-0.4, -0.2) is 128 Å². The van der Waals surface area contributed by atoms with Crippen molar-refractivity contribution in [3.8, 4) is 22.8 Å². The van der Waals surface area contributed by atoms with E-state index < -0.39 is 101 Å². The van der Waals surface area contributed by atoms with Gasteiger partial charge in [0.15, 0.2) is 52.8 Å². The van der Waals surface area contributed by atoms with E-state index in [1.807, 2.05) is 0 Å². The van der Waals surface area contributed by atoms with Gasteiger partial charge in [0.25, 0.3) is 0 Å². The van der Waals surface area contributed by atoms with Crippen LogP contribution in [0, 0.1) is 23.7 Å². The van der Waals surface area contributed by atoms with Crippen molar-refractivity contribution < 1.29 is 62.1 Å². The van der Waals surface area contributed by atoms with Crippen molar-refractivity contribution >= 4 is 52.8 Å². The minimum Gasteiger partial charge on any atom is -0.505 e. The van der Waals surface area contributed by atoms with Gasteiger partial charge in [0, 0.05) is 43.9 Å². The lowest BCUT2D eigenvalue weighted by molar-refractivity contribution is -0.181. The van der Waals surface area contributed by atoms with E-state index in [9.17, 15) is 48.6 Å². The topological polar surface area (TPSA) is 270 Å². The largest absolute Gasteiger partial charge is 0.519 e. The molecule has 5 N–H and O–H groups in total. The number of ketones is 4. The van der Waals surface area contributed by atoms with Gasteiger partial charge in [-0.15, -0.1) is 0 Å². The average Bonchev–Trinajstić information content (AvgIpc) is 3.58. The second-order valence-corrected chi connectivity index (χ2v) is 15.6. The van der Waals surface area contributed by atoms with E-state index in [4.69, 9.17) is 24.0 Å². The van der Waals surface area contributed by atoms with Gasteiger partial charge in [0.1, 0.15) is 17.8 Å². The number of amides is 2. The smallest absolute Gasteiger partial charge is 0.505 e. The average molecular weight is 834 g/mol. The first-order valence-electron chi connectivity index (χ1n) is 19.2. The number of fused-ring (bicyclic) bond motifs is 3. The Labute approximate surface area is 343 Å². The zero-order valence-electron chi connectivity index (χ0n) is 33.9. The lowest BCUT2D eigenvalue weighted by atomic mass is 9.52. The molecule has 19 heteroatoms. The Morgan fingerprint density at radius 3 is 2.33 bits per heavy atom. The second kappa shape index (κ2) is 16.7. The molecule has 3 aliphatic rings. The number of carbonyl (C=O) groups excluding carboxylic acids is 7. The Kier molecular flexibility index (Phi) is 12.1. The van der Waals surface area contributed by atoms with Gasteiger partial charge in [-0.25, -0.2) is 9.59 Å². The molecule has 320 valence electrons.